The predicted molar refractivity (Wildman–Crippen MR) is 61.4 cm³/mol. The standard InChI is InChI=1S/C11H11Cl2NO/c12-9-4-5-10(13)11(8-9)15-7-3-1-2-6-14/h4-5,8H,1-3,7H2. The summed E-state index contributed by atoms with van der Waals surface area (Å²) in [5.74, 6) is 0.598. The van der Waals surface area contributed by atoms with Crippen molar-refractivity contribution in [2.45, 2.75) is 19.3 Å². The number of nitriles is 1. The summed E-state index contributed by atoms with van der Waals surface area (Å²) >= 11 is 11.7. The van der Waals surface area contributed by atoms with Crippen molar-refractivity contribution in [1.29, 1.82) is 5.26 Å². The lowest BCUT2D eigenvalue weighted by Gasteiger charge is -2.07. The SMILES string of the molecule is N#CCCCCOc1cc(Cl)ccc1Cl. The van der Waals surface area contributed by atoms with Gasteiger partial charge in [-0.1, -0.05) is 23.2 Å². The number of halogens is 2. The Morgan fingerprint density at radius 3 is 2.80 bits per heavy atom. The Hall–Kier alpha value is -0.910. The van der Waals surface area contributed by atoms with E-state index in [1.165, 1.54) is 0 Å². The molecule has 0 heterocycles. The van der Waals surface area contributed by atoms with E-state index >= 15 is 0 Å². The Kier molecular flexibility index (Phi) is 5.31. The largest absolute Gasteiger partial charge is 0.492 e. The first kappa shape index (κ1) is 12.2. The van der Waals surface area contributed by atoms with Crippen molar-refractivity contribution >= 4 is 23.2 Å². The van der Waals surface area contributed by atoms with E-state index in [4.69, 9.17) is 33.2 Å². The van der Waals surface area contributed by atoms with Crippen molar-refractivity contribution in [2.75, 3.05) is 6.61 Å². The van der Waals surface area contributed by atoms with Gasteiger partial charge in [-0.3, -0.25) is 0 Å². The van der Waals surface area contributed by atoms with Crippen molar-refractivity contribution in [1.82, 2.24) is 0 Å². The van der Waals surface area contributed by atoms with Gasteiger partial charge in [-0.2, -0.15) is 5.26 Å². The minimum Gasteiger partial charge on any atom is -0.492 e. The van der Waals surface area contributed by atoms with Crippen LogP contribution >= 0.6 is 23.2 Å². The molecule has 0 aromatic heterocycles. The first-order valence-electron chi connectivity index (χ1n) is 4.69. The lowest BCUT2D eigenvalue weighted by atomic mass is 10.2. The number of hydrogen-bond acceptors (Lipinski definition) is 2. The van der Waals surface area contributed by atoms with Crippen LogP contribution in [0.4, 0.5) is 0 Å². The van der Waals surface area contributed by atoms with Crippen molar-refractivity contribution in [3.63, 3.8) is 0 Å². The monoisotopic (exact) mass is 243 g/mol. The molecule has 0 fully saturated rings. The highest BCUT2D eigenvalue weighted by Crippen LogP contribution is 2.27. The second kappa shape index (κ2) is 6.55. The molecule has 0 saturated carbocycles. The molecule has 0 bridgehead atoms. The minimum absolute atomic E-state index is 0.555. The molecule has 4 heteroatoms. The summed E-state index contributed by atoms with van der Waals surface area (Å²) in [4.78, 5) is 0. The van der Waals surface area contributed by atoms with Gasteiger partial charge in [0.15, 0.2) is 0 Å². The first-order chi connectivity index (χ1) is 7.24. The third-order valence-corrected chi connectivity index (χ3v) is 2.38. The van der Waals surface area contributed by atoms with Gasteiger partial charge in [-0.15, -0.1) is 0 Å². The van der Waals surface area contributed by atoms with Crippen LogP contribution in [0.2, 0.25) is 10.0 Å². The zero-order valence-electron chi connectivity index (χ0n) is 8.17. The Labute approximate surface area is 99.4 Å². The van der Waals surface area contributed by atoms with E-state index < -0.39 is 0 Å². The molecule has 1 aromatic rings. The van der Waals surface area contributed by atoms with Crippen LogP contribution in [0.15, 0.2) is 18.2 Å². The second-order valence-electron chi connectivity index (χ2n) is 3.04. The van der Waals surface area contributed by atoms with E-state index in [0.29, 0.717) is 28.8 Å². The quantitative estimate of drug-likeness (QED) is 0.731. The molecule has 0 aliphatic carbocycles. The van der Waals surface area contributed by atoms with Gasteiger partial charge in [0.25, 0.3) is 0 Å². The number of unbranched alkanes of at least 4 members (excludes halogenated alkanes) is 2. The second-order valence-corrected chi connectivity index (χ2v) is 3.88. The molecule has 0 amide bonds. The fourth-order valence-corrected chi connectivity index (χ4v) is 1.41. The molecular weight excluding hydrogens is 233 g/mol. The summed E-state index contributed by atoms with van der Waals surface area (Å²) in [6.07, 6.45) is 2.25. The Morgan fingerprint density at radius 1 is 1.27 bits per heavy atom. The predicted octanol–water partition coefficient (Wildman–Crippen LogP) is 4.07. The number of nitrogens with zero attached hydrogens (tertiary/aromatic N) is 1. The van der Waals surface area contributed by atoms with E-state index in [9.17, 15) is 0 Å². The summed E-state index contributed by atoms with van der Waals surface area (Å²) in [5.41, 5.74) is 0. The highest BCUT2D eigenvalue weighted by atomic mass is 35.5. The topological polar surface area (TPSA) is 33.0 Å². The molecule has 0 radical (unpaired) electrons. The van der Waals surface area contributed by atoms with Crippen LogP contribution < -0.4 is 4.74 Å². The summed E-state index contributed by atoms with van der Waals surface area (Å²) < 4.78 is 5.44. The number of benzene rings is 1. The van der Waals surface area contributed by atoms with E-state index in [2.05, 4.69) is 6.07 Å². The van der Waals surface area contributed by atoms with Crippen LogP contribution in [-0.2, 0) is 0 Å². The van der Waals surface area contributed by atoms with Gasteiger partial charge in [0.05, 0.1) is 17.7 Å². The van der Waals surface area contributed by atoms with Crippen molar-refractivity contribution in [2.24, 2.45) is 0 Å². The average Bonchev–Trinajstić information content (AvgIpc) is 2.23. The fraction of sp³-hybridized carbons (Fsp3) is 0.364. The van der Waals surface area contributed by atoms with Crippen molar-refractivity contribution in [3.8, 4) is 11.8 Å². The maximum atomic E-state index is 8.33. The van der Waals surface area contributed by atoms with E-state index in [0.717, 1.165) is 12.8 Å². The Morgan fingerprint density at radius 2 is 2.07 bits per heavy atom. The van der Waals surface area contributed by atoms with E-state index in [1.54, 1.807) is 18.2 Å². The zero-order valence-corrected chi connectivity index (χ0v) is 9.68. The van der Waals surface area contributed by atoms with Gasteiger partial charge < -0.3 is 4.74 Å². The highest BCUT2D eigenvalue weighted by Gasteiger charge is 2.01. The Bertz CT molecular complexity index is 360. The van der Waals surface area contributed by atoms with Crippen LogP contribution in [0.5, 0.6) is 5.75 Å². The van der Waals surface area contributed by atoms with Crippen LogP contribution in [0.25, 0.3) is 0 Å². The fourth-order valence-electron chi connectivity index (χ4n) is 1.08. The molecule has 80 valence electrons. The van der Waals surface area contributed by atoms with E-state index in [-0.39, 0.29) is 0 Å². The number of rotatable bonds is 5. The highest BCUT2D eigenvalue weighted by molar-refractivity contribution is 6.34. The smallest absolute Gasteiger partial charge is 0.139 e. The van der Waals surface area contributed by atoms with E-state index in [1.807, 2.05) is 0 Å². The lowest BCUT2D eigenvalue weighted by molar-refractivity contribution is 0.308. The van der Waals surface area contributed by atoms with Crippen molar-refractivity contribution in [3.05, 3.63) is 28.2 Å². The average molecular weight is 244 g/mol. The molecule has 0 aliphatic heterocycles. The molecule has 0 aliphatic rings. The minimum atomic E-state index is 0.555. The maximum Gasteiger partial charge on any atom is 0.139 e. The molecular formula is C11H11Cl2NO. The zero-order chi connectivity index (χ0) is 11.1. The van der Waals surface area contributed by atoms with Crippen molar-refractivity contribution < 1.29 is 4.74 Å². The first-order valence-corrected chi connectivity index (χ1v) is 5.44. The summed E-state index contributed by atoms with van der Waals surface area (Å²) in [6, 6.07) is 7.19. The summed E-state index contributed by atoms with van der Waals surface area (Å²) in [7, 11) is 0. The van der Waals surface area contributed by atoms with Gasteiger partial charge in [0, 0.05) is 17.5 Å². The molecule has 0 N–H and O–H groups in total. The van der Waals surface area contributed by atoms with Gasteiger partial charge >= 0.3 is 0 Å². The number of hydrogen-bond donors (Lipinski definition) is 0. The molecule has 0 saturated heterocycles. The van der Waals surface area contributed by atoms with Crippen LogP contribution in [0.1, 0.15) is 19.3 Å². The molecule has 1 aromatic carbocycles. The van der Waals surface area contributed by atoms with Crippen LogP contribution in [-0.4, -0.2) is 6.61 Å². The summed E-state index contributed by atoms with van der Waals surface area (Å²) in [6.45, 7) is 0.557. The van der Waals surface area contributed by atoms with Gasteiger partial charge in [-0.05, 0) is 25.0 Å². The van der Waals surface area contributed by atoms with Crippen LogP contribution in [0.3, 0.4) is 0 Å². The normalized spacial score (nSPS) is 9.67. The lowest BCUT2D eigenvalue weighted by Crippen LogP contribution is -1.97. The molecule has 2 nitrogen and oxygen atoms in total. The van der Waals surface area contributed by atoms with Gasteiger partial charge in [0.1, 0.15) is 5.75 Å². The summed E-state index contributed by atoms with van der Waals surface area (Å²) in [5, 5.41) is 9.49. The van der Waals surface area contributed by atoms with Crippen LogP contribution in [0, 0.1) is 11.3 Å². The van der Waals surface area contributed by atoms with Gasteiger partial charge in [-0.25, -0.2) is 0 Å². The maximum absolute atomic E-state index is 8.33. The molecule has 15 heavy (non-hydrogen) atoms. The Balaban J connectivity index is 2.37. The molecule has 0 atom stereocenters. The number of ether oxygens (including phenoxy) is 1. The molecule has 1 rings (SSSR count). The third-order valence-electron chi connectivity index (χ3n) is 1.83. The molecule has 0 unspecified atom stereocenters. The molecule has 0 spiro atoms. The van der Waals surface area contributed by atoms with Gasteiger partial charge in [0.2, 0.25) is 0 Å². The third kappa shape index (κ3) is 4.42.